The maximum absolute atomic E-state index is 12.0. The third-order valence-corrected chi connectivity index (χ3v) is 3.56. The minimum absolute atomic E-state index is 0.176. The van der Waals surface area contributed by atoms with E-state index in [9.17, 15) is 9.59 Å². The Bertz CT molecular complexity index is 568. The van der Waals surface area contributed by atoms with Crippen LogP contribution in [0, 0.1) is 0 Å². The minimum atomic E-state index is -0.275. The molecule has 0 aromatic carbocycles. The van der Waals surface area contributed by atoms with Gasteiger partial charge >= 0.3 is 6.09 Å². The van der Waals surface area contributed by atoms with Crippen molar-refractivity contribution >= 4 is 17.7 Å². The topological polar surface area (TPSA) is 74.8 Å². The zero-order chi connectivity index (χ0) is 16.7. The van der Waals surface area contributed by atoms with Crippen molar-refractivity contribution in [2.45, 2.75) is 6.92 Å². The Kier molecular flexibility index (Phi) is 5.96. The van der Waals surface area contributed by atoms with Crippen molar-refractivity contribution in [1.82, 2.24) is 15.2 Å². The highest BCUT2D eigenvalue weighted by Crippen LogP contribution is 2.17. The number of hydrogen-bond acceptors (Lipinski definition) is 5. The van der Waals surface area contributed by atoms with Crippen molar-refractivity contribution in [1.29, 1.82) is 0 Å². The van der Waals surface area contributed by atoms with Crippen molar-refractivity contribution < 1.29 is 14.3 Å². The van der Waals surface area contributed by atoms with Crippen LogP contribution in [0.3, 0.4) is 0 Å². The first-order valence-corrected chi connectivity index (χ1v) is 7.66. The Morgan fingerprint density at radius 1 is 1.35 bits per heavy atom. The van der Waals surface area contributed by atoms with Crippen LogP contribution in [0.4, 0.5) is 10.5 Å². The van der Waals surface area contributed by atoms with Gasteiger partial charge in [0.2, 0.25) is 0 Å². The third kappa shape index (κ3) is 4.45. The maximum Gasteiger partial charge on any atom is 0.409 e. The molecule has 7 nitrogen and oxygen atoms in total. The molecule has 0 spiro atoms. The standard InChI is InChI=1S/C16H22N4O3/c1-3-5-18-15(21)13-10-14(12-17-11-13)19-6-8-20(9-7-19)16(22)23-4-2/h3,10-12H,1,4-9H2,2H3,(H,18,21). The van der Waals surface area contributed by atoms with Gasteiger partial charge in [-0.1, -0.05) is 6.08 Å². The van der Waals surface area contributed by atoms with Gasteiger partial charge in [0.1, 0.15) is 0 Å². The number of aromatic nitrogens is 1. The lowest BCUT2D eigenvalue weighted by Crippen LogP contribution is -2.49. The Balaban J connectivity index is 1.97. The van der Waals surface area contributed by atoms with Crippen LogP contribution in [0.1, 0.15) is 17.3 Å². The van der Waals surface area contributed by atoms with E-state index in [2.05, 4.69) is 21.8 Å². The number of hydrogen-bond donors (Lipinski definition) is 1. The van der Waals surface area contributed by atoms with Crippen LogP contribution in [0.5, 0.6) is 0 Å². The number of pyridine rings is 1. The van der Waals surface area contributed by atoms with E-state index in [4.69, 9.17) is 4.74 Å². The van der Waals surface area contributed by atoms with E-state index in [1.165, 1.54) is 6.20 Å². The van der Waals surface area contributed by atoms with Crippen LogP contribution >= 0.6 is 0 Å². The van der Waals surface area contributed by atoms with Crippen molar-refractivity contribution in [2.24, 2.45) is 0 Å². The summed E-state index contributed by atoms with van der Waals surface area (Å²) in [5, 5.41) is 2.73. The Morgan fingerprint density at radius 2 is 2.09 bits per heavy atom. The second-order valence-electron chi connectivity index (χ2n) is 5.10. The molecule has 2 heterocycles. The smallest absolute Gasteiger partial charge is 0.409 e. The Hall–Kier alpha value is -2.57. The summed E-state index contributed by atoms with van der Waals surface area (Å²) in [4.78, 5) is 31.6. The summed E-state index contributed by atoms with van der Waals surface area (Å²) in [6.45, 7) is 8.70. The van der Waals surface area contributed by atoms with Crippen LogP contribution in [0.15, 0.2) is 31.1 Å². The van der Waals surface area contributed by atoms with Gasteiger partial charge in [-0.25, -0.2) is 4.79 Å². The average Bonchev–Trinajstić information content (AvgIpc) is 2.60. The maximum atomic E-state index is 12.0. The molecular formula is C16H22N4O3. The van der Waals surface area contributed by atoms with Crippen LogP contribution in [0.25, 0.3) is 0 Å². The van der Waals surface area contributed by atoms with Crippen LogP contribution < -0.4 is 10.2 Å². The van der Waals surface area contributed by atoms with Crippen molar-refractivity contribution in [3.05, 3.63) is 36.7 Å². The number of carbonyl (C=O) groups excluding carboxylic acids is 2. The molecule has 23 heavy (non-hydrogen) atoms. The summed E-state index contributed by atoms with van der Waals surface area (Å²) in [5.41, 5.74) is 1.39. The number of piperazine rings is 1. The number of anilines is 1. The van der Waals surface area contributed by atoms with Gasteiger partial charge in [-0.2, -0.15) is 0 Å². The molecule has 1 fully saturated rings. The number of amides is 2. The fourth-order valence-electron chi connectivity index (χ4n) is 2.35. The van der Waals surface area contributed by atoms with Crippen molar-refractivity contribution in [3.63, 3.8) is 0 Å². The molecule has 2 amide bonds. The normalized spacial score (nSPS) is 14.3. The molecule has 1 aromatic rings. The van der Waals surface area contributed by atoms with Crippen molar-refractivity contribution in [3.8, 4) is 0 Å². The fourth-order valence-corrected chi connectivity index (χ4v) is 2.35. The minimum Gasteiger partial charge on any atom is -0.450 e. The van der Waals surface area contributed by atoms with Gasteiger partial charge in [0, 0.05) is 38.9 Å². The molecule has 1 aliphatic rings. The van der Waals surface area contributed by atoms with Gasteiger partial charge in [0.15, 0.2) is 0 Å². The van der Waals surface area contributed by atoms with E-state index in [1.54, 1.807) is 24.1 Å². The van der Waals surface area contributed by atoms with E-state index in [1.807, 2.05) is 6.07 Å². The number of ether oxygens (including phenoxy) is 1. The molecule has 0 unspecified atom stereocenters. The predicted molar refractivity (Wildman–Crippen MR) is 87.6 cm³/mol. The van der Waals surface area contributed by atoms with E-state index in [0.717, 1.165) is 5.69 Å². The lowest BCUT2D eigenvalue weighted by molar-refractivity contribution is 0.0957. The molecule has 0 atom stereocenters. The first kappa shape index (κ1) is 16.8. The predicted octanol–water partition coefficient (Wildman–Crippen LogP) is 1.28. The van der Waals surface area contributed by atoms with Gasteiger partial charge < -0.3 is 19.9 Å². The Morgan fingerprint density at radius 3 is 2.74 bits per heavy atom. The van der Waals surface area contributed by atoms with Gasteiger partial charge in [-0.05, 0) is 13.0 Å². The molecule has 0 aliphatic carbocycles. The number of rotatable bonds is 5. The molecule has 2 rings (SSSR count). The summed E-state index contributed by atoms with van der Waals surface area (Å²) in [7, 11) is 0. The monoisotopic (exact) mass is 318 g/mol. The Labute approximate surface area is 135 Å². The molecule has 1 saturated heterocycles. The molecule has 0 radical (unpaired) electrons. The van der Waals surface area contributed by atoms with E-state index in [-0.39, 0.29) is 12.0 Å². The van der Waals surface area contributed by atoms with Crippen LogP contribution in [0.2, 0.25) is 0 Å². The quantitative estimate of drug-likeness (QED) is 0.828. The highest BCUT2D eigenvalue weighted by Gasteiger charge is 2.22. The molecule has 124 valence electrons. The summed E-state index contributed by atoms with van der Waals surface area (Å²) >= 11 is 0. The number of carbonyl (C=O) groups is 2. The SMILES string of the molecule is C=CCNC(=O)c1cncc(N2CCN(C(=O)OCC)CC2)c1. The lowest BCUT2D eigenvalue weighted by Gasteiger charge is -2.35. The highest BCUT2D eigenvalue weighted by molar-refractivity contribution is 5.94. The molecule has 7 heteroatoms. The molecule has 1 aromatic heterocycles. The highest BCUT2D eigenvalue weighted by atomic mass is 16.6. The summed E-state index contributed by atoms with van der Waals surface area (Å²) in [5.74, 6) is -0.176. The average molecular weight is 318 g/mol. The van der Waals surface area contributed by atoms with E-state index < -0.39 is 0 Å². The second-order valence-corrected chi connectivity index (χ2v) is 5.10. The number of nitrogens with zero attached hydrogens (tertiary/aromatic N) is 3. The fraction of sp³-hybridized carbons (Fsp3) is 0.438. The largest absolute Gasteiger partial charge is 0.450 e. The molecule has 1 aliphatic heterocycles. The van der Waals surface area contributed by atoms with E-state index >= 15 is 0 Å². The molecule has 0 bridgehead atoms. The van der Waals surface area contributed by atoms with Gasteiger partial charge in [0.25, 0.3) is 5.91 Å². The van der Waals surface area contributed by atoms with Crippen LogP contribution in [-0.2, 0) is 4.74 Å². The summed E-state index contributed by atoms with van der Waals surface area (Å²) in [6.07, 6.45) is 4.62. The van der Waals surface area contributed by atoms with Crippen LogP contribution in [-0.4, -0.2) is 61.2 Å². The lowest BCUT2D eigenvalue weighted by atomic mass is 10.2. The van der Waals surface area contributed by atoms with Gasteiger partial charge in [-0.15, -0.1) is 6.58 Å². The number of nitrogens with one attached hydrogen (secondary N) is 1. The summed E-state index contributed by atoms with van der Waals surface area (Å²) in [6, 6.07) is 1.81. The second kappa shape index (κ2) is 8.17. The van der Waals surface area contributed by atoms with Gasteiger partial charge in [-0.3, -0.25) is 9.78 Å². The van der Waals surface area contributed by atoms with E-state index in [0.29, 0.717) is 44.9 Å². The zero-order valence-electron chi connectivity index (χ0n) is 13.3. The first-order chi connectivity index (χ1) is 11.2. The van der Waals surface area contributed by atoms with Gasteiger partial charge in [0.05, 0.1) is 24.1 Å². The first-order valence-electron chi connectivity index (χ1n) is 7.66. The summed E-state index contributed by atoms with van der Waals surface area (Å²) < 4.78 is 5.01. The molecule has 0 saturated carbocycles. The molecule has 1 N–H and O–H groups in total. The zero-order valence-corrected chi connectivity index (χ0v) is 13.3. The van der Waals surface area contributed by atoms with Crippen molar-refractivity contribution in [2.75, 3.05) is 44.2 Å². The third-order valence-electron chi connectivity index (χ3n) is 3.56. The molecular weight excluding hydrogens is 296 g/mol.